The fraction of sp³-hybridized carbons (Fsp3) is 0.333. The molecule has 3 aromatic rings. The number of aromatic amines is 1. The Morgan fingerprint density at radius 1 is 1.28 bits per heavy atom. The van der Waals surface area contributed by atoms with Gasteiger partial charge in [-0.2, -0.15) is 15.4 Å². The number of nitrogens with zero attached hydrogens (tertiary/aromatic N) is 4. The van der Waals surface area contributed by atoms with Crippen LogP contribution in [0.25, 0.3) is 10.9 Å². The Hall–Kier alpha value is -2.80. The second-order valence-electron chi connectivity index (χ2n) is 6.35. The van der Waals surface area contributed by atoms with Gasteiger partial charge in [0.1, 0.15) is 0 Å². The Morgan fingerprint density at radius 3 is 2.92 bits per heavy atom. The number of rotatable bonds is 3. The zero-order chi connectivity index (χ0) is 17.4. The van der Waals surface area contributed by atoms with Gasteiger partial charge in [-0.1, -0.05) is 6.07 Å². The summed E-state index contributed by atoms with van der Waals surface area (Å²) in [5, 5.41) is 11.6. The Morgan fingerprint density at radius 2 is 2.16 bits per heavy atom. The van der Waals surface area contributed by atoms with Gasteiger partial charge in [-0.25, -0.2) is 0 Å². The quantitative estimate of drug-likeness (QED) is 0.789. The fourth-order valence-electron chi connectivity index (χ4n) is 3.39. The summed E-state index contributed by atoms with van der Waals surface area (Å²) >= 11 is 0. The molecule has 7 heteroatoms. The number of likely N-dealkylation sites (tertiary alicyclic amines) is 1. The van der Waals surface area contributed by atoms with Crippen molar-refractivity contribution < 1.29 is 9.53 Å². The van der Waals surface area contributed by atoms with Gasteiger partial charge >= 0.3 is 0 Å². The number of methoxy groups -OCH3 is 1. The number of carbonyl (C=O) groups excluding carboxylic acids is 1. The number of benzene rings is 1. The summed E-state index contributed by atoms with van der Waals surface area (Å²) < 4.78 is 5.56. The highest BCUT2D eigenvalue weighted by molar-refractivity contribution is 5.98. The largest absolute Gasteiger partial charge is 0.379 e. The molecule has 0 spiro atoms. The lowest BCUT2D eigenvalue weighted by Crippen LogP contribution is -2.29. The number of hydrogen-bond acceptors (Lipinski definition) is 5. The van der Waals surface area contributed by atoms with Crippen LogP contribution in [0.15, 0.2) is 36.5 Å². The molecular weight excluding hydrogens is 318 g/mol. The number of ether oxygens (including phenoxy) is 1. The summed E-state index contributed by atoms with van der Waals surface area (Å²) in [6.45, 7) is 3.06. The third-order valence-corrected chi connectivity index (χ3v) is 4.75. The smallest absolute Gasteiger partial charge is 0.253 e. The molecule has 1 amide bonds. The minimum atomic E-state index is -0.0844. The van der Waals surface area contributed by atoms with Crippen LogP contribution < -0.4 is 0 Å². The van der Waals surface area contributed by atoms with Crippen molar-refractivity contribution in [3.63, 3.8) is 0 Å². The summed E-state index contributed by atoms with van der Waals surface area (Å²) in [5.41, 5.74) is 3.34. The van der Waals surface area contributed by atoms with E-state index in [4.69, 9.17) is 4.74 Å². The molecule has 2 aromatic heterocycles. The maximum atomic E-state index is 12.9. The Balaban J connectivity index is 1.59. The van der Waals surface area contributed by atoms with Crippen molar-refractivity contribution in [1.29, 1.82) is 0 Å². The van der Waals surface area contributed by atoms with Crippen LogP contribution in [-0.2, 0) is 4.74 Å². The number of carbonyl (C=O) groups is 1. The number of nitrogens with one attached hydrogen (secondary N) is 1. The van der Waals surface area contributed by atoms with Crippen molar-refractivity contribution in [3.05, 3.63) is 53.5 Å². The number of pyridine rings is 1. The molecule has 1 N–H and O–H groups in total. The number of hydrogen-bond donors (Lipinski definition) is 1. The van der Waals surface area contributed by atoms with E-state index in [1.165, 1.54) is 0 Å². The van der Waals surface area contributed by atoms with E-state index < -0.39 is 0 Å². The fourth-order valence-corrected chi connectivity index (χ4v) is 3.39. The third kappa shape index (κ3) is 2.87. The molecule has 128 valence electrons. The van der Waals surface area contributed by atoms with Crippen molar-refractivity contribution in [1.82, 2.24) is 25.3 Å². The molecule has 2 atom stereocenters. The summed E-state index contributed by atoms with van der Waals surface area (Å²) in [6.07, 6.45) is 1.60. The molecular formula is C18H19N5O2. The van der Waals surface area contributed by atoms with Crippen LogP contribution in [-0.4, -0.2) is 57.5 Å². The molecule has 1 aromatic carbocycles. The zero-order valence-electron chi connectivity index (χ0n) is 14.1. The summed E-state index contributed by atoms with van der Waals surface area (Å²) in [5.74, 6) is 0.0213. The van der Waals surface area contributed by atoms with Gasteiger partial charge in [0, 0.05) is 36.8 Å². The van der Waals surface area contributed by atoms with Gasteiger partial charge in [-0.15, -0.1) is 0 Å². The van der Waals surface area contributed by atoms with Crippen LogP contribution in [0.3, 0.4) is 0 Å². The molecule has 1 saturated heterocycles. The van der Waals surface area contributed by atoms with E-state index in [0.29, 0.717) is 18.7 Å². The van der Waals surface area contributed by atoms with Crippen molar-refractivity contribution in [3.8, 4) is 0 Å². The summed E-state index contributed by atoms with van der Waals surface area (Å²) in [7, 11) is 1.66. The number of amides is 1. The van der Waals surface area contributed by atoms with Gasteiger partial charge < -0.3 is 9.64 Å². The molecule has 1 fully saturated rings. The minimum absolute atomic E-state index is 0.00415. The van der Waals surface area contributed by atoms with E-state index in [-0.39, 0.29) is 17.9 Å². The van der Waals surface area contributed by atoms with Gasteiger partial charge in [0.05, 0.1) is 29.4 Å². The molecule has 4 rings (SSSR count). The lowest BCUT2D eigenvalue weighted by molar-refractivity contribution is 0.0714. The predicted octanol–water partition coefficient (Wildman–Crippen LogP) is 1.92. The first-order valence-corrected chi connectivity index (χ1v) is 8.21. The van der Waals surface area contributed by atoms with E-state index in [2.05, 4.69) is 20.4 Å². The first-order valence-electron chi connectivity index (χ1n) is 8.21. The average molecular weight is 337 g/mol. The maximum Gasteiger partial charge on any atom is 0.253 e. The third-order valence-electron chi connectivity index (χ3n) is 4.75. The van der Waals surface area contributed by atoms with Crippen molar-refractivity contribution >= 4 is 16.8 Å². The van der Waals surface area contributed by atoms with Crippen molar-refractivity contribution in [2.24, 2.45) is 0 Å². The maximum absolute atomic E-state index is 12.9. The van der Waals surface area contributed by atoms with Gasteiger partial charge in [-0.3, -0.25) is 9.78 Å². The Labute approximate surface area is 145 Å². The second kappa shape index (κ2) is 6.25. The first kappa shape index (κ1) is 15.7. The second-order valence-corrected chi connectivity index (χ2v) is 6.35. The van der Waals surface area contributed by atoms with Crippen LogP contribution in [0.1, 0.15) is 27.7 Å². The molecule has 1 aliphatic heterocycles. The van der Waals surface area contributed by atoms with Gasteiger partial charge in [0.25, 0.3) is 5.91 Å². The number of aryl methyl sites for hydroxylation is 1. The Bertz CT molecular complexity index is 909. The van der Waals surface area contributed by atoms with E-state index in [0.717, 1.165) is 22.3 Å². The molecule has 0 radical (unpaired) electrons. The van der Waals surface area contributed by atoms with Crippen molar-refractivity contribution in [2.75, 3.05) is 20.2 Å². The average Bonchev–Trinajstić information content (AvgIpc) is 3.29. The van der Waals surface area contributed by atoms with Crippen molar-refractivity contribution in [2.45, 2.75) is 18.9 Å². The molecule has 0 bridgehead atoms. The molecule has 25 heavy (non-hydrogen) atoms. The van der Waals surface area contributed by atoms with E-state index in [1.807, 2.05) is 42.2 Å². The summed E-state index contributed by atoms with van der Waals surface area (Å²) in [6, 6.07) is 9.58. The van der Waals surface area contributed by atoms with Gasteiger partial charge in [0.15, 0.2) is 0 Å². The number of aromatic nitrogens is 4. The SMILES string of the molecule is CO[C@@H]1CN(C(=O)c2ccc3nc(C)ccc3c2)C[C@H]1c1cn[nH]n1. The summed E-state index contributed by atoms with van der Waals surface area (Å²) in [4.78, 5) is 19.2. The molecule has 0 saturated carbocycles. The van der Waals surface area contributed by atoms with Crippen LogP contribution >= 0.6 is 0 Å². The molecule has 1 aliphatic rings. The number of H-pyrrole nitrogens is 1. The lowest BCUT2D eigenvalue weighted by atomic mass is 10.0. The van der Waals surface area contributed by atoms with E-state index >= 15 is 0 Å². The van der Waals surface area contributed by atoms with Gasteiger partial charge in [0.2, 0.25) is 0 Å². The molecule has 3 heterocycles. The van der Waals surface area contributed by atoms with Crippen LogP contribution in [0.4, 0.5) is 0 Å². The van der Waals surface area contributed by atoms with Crippen LogP contribution in [0.2, 0.25) is 0 Å². The molecule has 0 unspecified atom stereocenters. The number of fused-ring (bicyclic) bond motifs is 1. The highest BCUT2D eigenvalue weighted by Gasteiger charge is 2.38. The first-order chi connectivity index (χ1) is 12.2. The standard InChI is InChI=1S/C18H19N5O2/c1-11-3-4-12-7-13(5-6-15(12)20-11)18(24)23-9-14(17(10-23)25-2)16-8-19-22-21-16/h3-8,14,17H,9-10H2,1-2H3,(H,19,21,22)/t14-,17+/m0/s1. The normalized spacial score (nSPS) is 20.3. The molecule has 0 aliphatic carbocycles. The topological polar surface area (TPSA) is 84.0 Å². The van der Waals surface area contributed by atoms with Crippen LogP contribution in [0.5, 0.6) is 0 Å². The lowest BCUT2D eigenvalue weighted by Gasteiger charge is -2.16. The monoisotopic (exact) mass is 337 g/mol. The van der Waals surface area contributed by atoms with Gasteiger partial charge in [-0.05, 0) is 31.2 Å². The zero-order valence-corrected chi connectivity index (χ0v) is 14.1. The highest BCUT2D eigenvalue weighted by atomic mass is 16.5. The minimum Gasteiger partial charge on any atom is -0.379 e. The Kier molecular flexibility index (Phi) is 3.93. The predicted molar refractivity (Wildman–Crippen MR) is 92.3 cm³/mol. The van der Waals surface area contributed by atoms with E-state index in [1.54, 1.807) is 13.3 Å². The van der Waals surface area contributed by atoms with E-state index in [9.17, 15) is 4.79 Å². The highest BCUT2D eigenvalue weighted by Crippen LogP contribution is 2.29. The van der Waals surface area contributed by atoms with Crippen LogP contribution in [0, 0.1) is 6.92 Å². The molecule has 7 nitrogen and oxygen atoms in total.